The fourth-order valence-electron chi connectivity index (χ4n) is 1.63. The summed E-state index contributed by atoms with van der Waals surface area (Å²) in [7, 11) is 0. The lowest BCUT2D eigenvalue weighted by atomic mass is 9.95. The Morgan fingerprint density at radius 1 is 1.29 bits per heavy atom. The average Bonchev–Trinajstić information content (AvgIpc) is 2.96. The molecule has 4 heteroatoms. The molecule has 2 aromatic heterocycles. The van der Waals surface area contributed by atoms with Gasteiger partial charge in [-0.1, -0.05) is 6.07 Å². The summed E-state index contributed by atoms with van der Waals surface area (Å²) in [6, 6.07) is 5.15. The number of hydrogen-bond acceptors (Lipinski definition) is 4. The van der Waals surface area contributed by atoms with Gasteiger partial charge >= 0.3 is 0 Å². The molecular formula is C13H12O3S. The van der Waals surface area contributed by atoms with Crippen molar-refractivity contribution in [3.8, 4) is 0 Å². The standard InChI is InChI=1S/C13H12O3S/c1-8(13(15)11-4-3-7-17-11)12(14)10-5-6-16-9(10)2/h3-8H,1-2H3. The van der Waals surface area contributed by atoms with Gasteiger partial charge in [-0.3, -0.25) is 9.59 Å². The third-order valence-corrected chi connectivity index (χ3v) is 3.56. The van der Waals surface area contributed by atoms with Gasteiger partial charge in [0, 0.05) is 0 Å². The monoisotopic (exact) mass is 248 g/mol. The minimum atomic E-state index is -0.662. The quantitative estimate of drug-likeness (QED) is 0.615. The summed E-state index contributed by atoms with van der Waals surface area (Å²) < 4.78 is 5.08. The zero-order chi connectivity index (χ0) is 12.4. The third kappa shape index (κ3) is 2.22. The van der Waals surface area contributed by atoms with Gasteiger partial charge < -0.3 is 4.42 Å². The first-order valence-electron chi connectivity index (χ1n) is 5.27. The van der Waals surface area contributed by atoms with Gasteiger partial charge in [-0.05, 0) is 31.4 Å². The summed E-state index contributed by atoms with van der Waals surface area (Å²) >= 11 is 1.35. The summed E-state index contributed by atoms with van der Waals surface area (Å²) in [5.74, 6) is -0.425. The van der Waals surface area contributed by atoms with E-state index in [0.717, 1.165) is 0 Å². The molecule has 0 saturated heterocycles. The van der Waals surface area contributed by atoms with E-state index in [2.05, 4.69) is 0 Å². The number of thiophene rings is 1. The first-order chi connectivity index (χ1) is 8.11. The van der Waals surface area contributed by atoms with E-state index in [9.17, 15) is 9.59 Å². The molecule has 2 rings (SSSR count). The fourth-order valence-corrected chi connectivity index (χ4v) is 2.38. The van der Waals surface area contributed by atoms with Gasteiger partial charge in [0.05, 0.1) is 22.6 Å². The molecule has 1 unspecified atom stereocenters. The van der Waals surface area contributed by atoms with Crippen molar-refractivity contribution in [2.45, 2.75) is 13.8 Å². The molecule has 2 heterocycles. The zero-order valence-corrected chi connectivity index (χ0v) is 10.4. The van der Waals surface area contributed by atoms with Crippen LogP contribution in [-0.2, 0) is 0 Å². The molecule has 0 fully saturated rings. The van der Waals surface area contributed by atoms with Gasteiger partial charge in [0.25, 0.3) is 0 Å². The van der Waals surface area contributed by atoms with Crippen molar-refractivity contribution in [1.29, 1.82) is 0 Å². The normalized spacial score (nSPS) is 12.4. The van der Waals surface area contributed by atoms with E-state index in [1.54, 1.807) is 32.0 Å². The molecule has 1 atom stereocenters. The van der Waals surface area contributed by atoms with E-state index in [1.165, 1.54) is 17.6 Å². The Hall–Kier alpha value is -1.68. The van der Waals surface area contributed by atoms with Crippen molar-refractivity contribution in [1.82, 2.24) is 0 Å². The summed E-state index contributed by atoms with van der Waals surface area (Å²) in [5.41, 5.74) is 0.488. The molecule has 0 saturated carbocycles. The van der Waals surface area contributed by atoms with Crippen LogP contribution in [-0.4, -0.2) is 11.6 Å². The number of carbonyl (C=O) groups is 2. The number of hydrogen-bond donors (Lipinski definition) is 0. The van der Waals surface area contributed by atoms with Crippen LogP contribution < -0.4 is 0 Å². The van der Waals surface area contributed by atoms with Crippen LogP contribution in [0.3, 0.4) is 0 Å². The van der Waals surface area contributed by atoms with Crippen molar-refractivity contribution < 1.29 is 14.0 Å². The molecule has 3 nitrogen and oxygen atoms in total. The highest BCUT2D eigenvalue weighted by Crippen LogP contribution is 2.20. The molecule has 88 valence electrons. The lowest BCUT2D eigenvalue weighted by molar-refractivity contribution is 0.0822. The molecule has 0 bridgehead atoms. The second kappa shape index (κ2) is 4.67. The van der Waals surface area contributed by atoms with E-state index in [1.807, 2.05) is 5.38 Å². The van der Waals surface area contributed by atoms with E-state index in [0.29, 0.717) is 16.2 Å². The van der Waals surface area contributed by atoms with E-state index in [-0.39, 0.29) is 11.6 Å². The van der Waals surface area contributed by atoms with E-state index < -0.39 is 5.92 Å². The highest BCUT2D eigenvalue weighted by molar-refractivity contribution is 7.12. The van der Waals surface area contributed by atoms with Crippen molar-refractivity contribution in [2.24, 2.45) is 5.92 Å². The lowest BCUT2D eigenvalue weighted by Gasteiger charge is -2.07. The minimum absolute atomic E-state index is 0.134. The molecule has 2 aromatic rings. The largest absolute Gasteiger partial charge is 0.469 e. The molecule has 0 aromatic carbocycles. The Bertz CT molecular complexity index is 537. The number of rotatable bonds is 4. The summed E-state index contributed by atoms with van der Waals surface area (Å²) in [4.78, 5) is 24.7. The van der Waals surface area contributed by atoms with Crippen LogP contribution >= 0.6 is 11.3 Å². The van der Waals surface area contributed by atoms with Gasteiger partial charge in [0.15, 0.2) is 11.6 Å². The second-order valence-electron chi connectivity index (χ2n) is 3.82. The molecule has 0 amide bonds. The number of ketones is 2. The van der Waals surface area contributed by atoms with Crippen LogP contribution in [0.4, 0.5) is 0 Å². The Kier molecular flexibility index (Phi) is 3.24. The molecule has 0 aliphatic rings. The Balaban J connectivity index is 2.21. The number of furan rings is 1. The number of Topliss-reactive ketones (excluding diaryl/α,β-unsaturated/α-hetero) is 2. The van der Waals surface area contributed by atoms with E-state index >= 15 is 0 Å². The Morgan fingerprint density at radius 2 is 2.06 bits per heavy atom. The van der Waals surface area contributed by atoms with Crippen LogP contribution in [0.2, 0.25) is 0 Å². The third-order valence-electron chi connectivity index (χ3n) is 2.67. The first kappa shape index (κ1) is 11.8. The maximum atomic E-state index is 12.1. The van der Waals surface area contributed by atoms with Gasteiger partial charge in [-0.25, -0.2) is 0 Å². The van der Waals surface area contributed by atoms with Gasteiger partial charge in [-0.15, -0.1) is 11.3 Å². The van der Waals surface area contributed by atoms with Crippen LogP contribution in [0.1, 0.15) is 32.7 Å². The highest BCUT2D eigenvalue weighted by Gasteiger charge is 2.26. The van der Waals surface area contributed by atoms with Crippen LogP contribution in [0.25, 0.3) is 0 Å². The summed E-state index contributed by atoms with van der Waals surface area (Å²) in [6.45, 7) is 3.35. The minimum Gasteiger partial charge on any atom is -0.469 e. The predicted octanol–water partition coefficient (Wildman–Crippen LogP) is 3.35. The van der Waals surface area contributed by atoms with Crippen molar-refractivity contribution in [2.75, 3.05) is 0 Å². The molecule has 0 spiro atoms. The maximum absolute atomic E-state index is 12.1. The molecule has 0 aliphatic carbocycles. The Labute approximate surface area is 103 Å². The van der Waals surface area contributed by atoms with Gasteiger partial charge in [0.1, 0.15) is 5.76 Å². The molecule has 0 radical (unpaired) electrons. The van der Waals surface area contributed by atoms with Crippen molar-refractivity contribution in [3.63, 3.8) is 0 Å². The van der Waals surface area contributed by atoms with Crippen molar-refractivity contribution >= 4 is 22.9 Å². The maximum Gasteiger partial charge on any atom is 0.183 e. The summed E-state index contributed by atoms with van der Waals surface area (Å²) in [6.07, 6.45) is 1.46. The number of aryl methyl sites for hydroxylation is 1. The van der Waals surface area contributed by atoms with Crippen molar-refractivity contribution in [3.05, 3.63) is 46.0 Å². The summed E-state index contributed by atoms with van der Waals surface area (Å²) in [5, 5.41) is 1.83. The zero-order valence-electron chi connectivity index (χ0n) is 9.60. The van der Waals surface area contributed by atoms with Gasteiger partial charge in [0.2, 0.25) is 0 Å². The topological polar surface area (TPSA) is 47.3 Å². The predicted molar refractivity (Wildman–Crippen MR) is 65.6 cm³/mol. The fraction of sp³-hybridized carbons (Fsp3) is 0.231. The molecule has 17 heavy (non-hydrogen) atoms. The smallest absolute Gasteiger partial charge is 0.183 e. The Morgan fingerprint density at radius 3 is 2.59 bits per heavy atom. The number of carbonyl (C=O) groups excluding carboxylic acids is 2. The molecule has 0 N–H and O–H groups in total. The molecule has 0 aliphatic heterocycles. The first-order valence-corrected chi connectivity index (χ1v) is 6.15. The van der Waals surface area contributed by atoms with Gasteiger partial charge in [-0.2, -0.15) is 0 Å². The average molecular weight is 248 g/mol. The highest BCUT2D eigenvalue weighted by atomic mass is 32.1. The van der Waals surface area contributed by atoms with E-state index in [4.69, 9.17) is 4.42 Å². The van der Waals surface area contributed by atoms with Crippen LogP contribution in [0.15, 0.2) is 34.3 Å². The second-order valence-corrected chi connectivity index (χ2v) is 4.77. The SMILES string of the molecule is Cc1occc1C(=O)C(C)C(=O)c1cccs1. The van der Waals surface area contributed by atoms with Crippen LogP contribution in [0, 0.1) is 12.8 Å². The molecular weight excluding hydrogens is 236 g/mol. The lowest BCUT2D eigenvalue weighted by Crippen LogP contribution is -2.20. The van der Waals surface area contributed by atoms with Crippen LogP contribution in [0.5, 0.6) is 0 Å².